The van der Waals surface area contributed by atoms with Gasteiger partial charge in [-0.2, -0.15) is 0 Å². The van der Waals surface area contributed by atoms with Gasteiger partial charge in [0.1, 0.15) is 11.5 Å². The molecule has 2 heteroatoms. The third kappa shape index (κ3) is 3.12. The van der Waals surface area contributed by atoms with E-state index in [2.05, 4.69) is 19.9 Å². The summed E-state index contributed by atoms with van der Waals surface area (Å²) in [7, 11) is 0. The van der Waals surface area contributed by atoms with Gasteiger partial charge in [0.05, 0.1) is 12.5 Å². The molecule has 2 atom stereocenters. The van der Waals surface area contributed by atoms with Gasteiger partial charge < -0.3 is 4.74 Å². The first-order chi connectivity index (χ1) is 8.70. The molecule has 0 aliphatic carbocycles. The highest BCUT2D eigenvalue weighted by molar-refractivity contribution is 5.82. The predicted octanol–water partition coefficient (Wildman–Crippen LogP) is 3.63. The van der Waals surface area contributed by atoms with Crippen LogP contribution in [0.15, 0.2) is 24.3 Å². The van der Waals surface area contributed by atoms with E-state index in [9.17, 15) is 4.79 Å². The molecule has 0 N–H and O–H groups in total. The highest BCUT2D eigenvalue weighted by Crippen LogP contribution is 2.28. The second-order valence-electron chi connectivity index (χ2n) is 5.38. The van der Waals surface area contributed by atoms with Crippen molar-refractivity contribution < 1.29 is 9.53 Å². The first-order valence-electron chi connectivity index (χ1n) is 6.94. The van der Waals surface area contributed by atoms with Gasteiger partial charge in [0.15, 0.2) is 0 Å². The zero-order chi connectivity index (χ0) is 13.0. The van der Waals surface area contributed by atoms with E-state index in [-0.39, 0.29) is 5.92 Å². The van der Waals surface area contributed by atoms with Crippen molar-refractivity contribution in [2.45, 2.75) is 39.5 Å². The van der Waals surface area contributed by atoms with E-state index in [1.165, 1.54) is 5.56 Å². The monoisotopic (exact) mass is 246 g/mol. The molecule has 1 aliphatic heterocycles. The van der Waals surface area contributed by atoms with E-state index in [4.69, 9.17) is 4.74 Å². The van der Waals surface area contributed by atoms with Crippen LogP contribution in [0.1, 0.15) is 38.7 Å². The number of hydrogen-bond acceptors (Lipinski definition) is 2. The van der Waals surface area contributed by atoms with Crippen molar-refractivity contribution in [3.8, 4) is 5.75 Å². The molecule has 0 bridgehead atoms. The van der Waals surface area contributed by atoms with Crippen molar-refractivity contribution in [2.24, 2.45) is 11.8 Å². The molecule has 1 aromatic carbocycles. The summed E-state index contributed by atoms with van der Waals surface area (Å²) in [5.74, 6) is 1.87. The molecular formula is C16H22O2. The van der Waals surface area contributed by atoms with Gasteiger partial charge >= 0.3 is 0 Å². The summed E-state index contributed by atoms with van der Waals surface area (Å²) in [4.78, 5) is 12.2. The number of ketones is 1. The average Bonchev–Trinajstić information content (AvgIpc) is 2.38. The number of benzene rings is 1. The Bertz CT molecular complexity index is 411. The molecule has 2 unspecified atom stereocenters. The second-order valence-corrected chi connectivity index (χ2v) is 5.38. The van der Waals surface area contributed by atoms with Gasteiger partial charge in [0.2, 0.25) is 0 Å². The van der Waals surface area contributed by atoms with Gasteiger partial charge in [-0.1, -0.05) is 44.9 Å². The maximum Gasteiger partial charge on any atom is 0.139 e. The Kier molecular flexibility index (Phi) is 4.40. The van der Waals surface area contributed by atoms with Gasteiger partial charge in [-0.05, 0) is 24.0 Å². The number of Topliss-reactive ketones (excluding diaryl/α,β-unsaturated/α-hetero) is 1. The molecule has 0 amide bonds. The summed E-state index contributed by atoms with van der Waals surface area (Å²) < 4.78 is 5.68. The first-order valence-corrected chi connectivity index (χ1v) is 6.94. The maximum atomic E-state index is 12.2. The lowest BCUT2D eigenvalue weighted by Gasteiger charge is -2.25. The van der Waals surface area contributed by atoms with Gasteiger partial charge in [-0.15, -0.1) is 0 Å². The van der Waals surface area contributed by atoms with Crippen LogP contribution in [0.5, 0.6) is 5.75 Å². The molecule has 1 heterocycles. The molecule has 0 radical (unpaired) electrons. The molecule has 98 valence electrons. The number of ether oxygens (including phenoxy) is 1. The molecule has 0 aromatic heterocycles. The molecule has 1 aromatic rings. The fourth-order valence-electron chi connectivity index (χ4n) is 2.64. The van der Waals surface area contributed by atoms with Crippen LogP contribution in [0.4, 0.5) is 0 Å². The Balaban J connectivity index is 1.94. The molecule has 18 heavy (non-hydrogen) atoms. The van der Waals surface area contributed by atoms with Gasteiger partial charge in [0.25, 0.3) is 0 Å². The van der Waals surface area contributed by atoms with Gasteiger partial charge in [-0.3, -0.25) is 4.79 Å². The number of rotatable bonds is 5. The summed E-state index contributed by atoms with van der Waals surface area (Å²) in [6.07, 6.45) is 3.83. The Morgan fingerprint density at radius 3 is 3.00 bits per heavy atom. The minimum atomic E-state index is 0.0548. The van der Waals surface area contributed by atoms with Gasteiger partial charge in [0, 0.05) is 6.42 Å². The lowest BCUT2D eigenvalue weighted by molar-refractivity contribution is -0.125. The number of carbonyl (C=O) groups is 1. The van der Waals surface area contributed by atoms with Crippen LogP contribution in [0, 0.1) is 11.8 Å². The highest BCUT2D eigenvalue weighted by Gasteiger charge is 2.26. The number of para-hydroxylation sites is 1. The minimum Gasteiger partial charge on any atom is -0.493 e. The lowest BCUT2D eigenvalue weighted by atomic mass is 9.88. The van der Waals surface area contributed by atoms with Crippen LogP contribution in [-0.4, -0.2) is 12.4 Å². The van der Waals surface area contributed by atoms with Crippen molar-refractivity contribution in [1.82, 2.24) is 0 Å². The normalized spacial score (nSPS) is 19.8. The summed E-state index contributed by atoms with van der Waals surface area (Å²) in [5, 5.41) is 0. The molecule has 2 rings (SSSR count). The van der Waals surface area contributed by atoms with Crippen molar-refractivity contribution in [3.05, 3.63) is 29.8 Å². The topological polar surface area (TPSA) is 26.3 Å². The zero-order valence-corrected chi connectivity index (χ0v) is 11.3. The van der Waals surface area contributed by atoms with E-state index in [0.717, 1.165) is 25.0 Å². The van der Waals surface area contributed by atoms with Crippen LogP contribution >= 0.6 is 0 Å². The Hall–Kier alpha value is -1.31. The van der Waals surface area contributed by atoms with E-state index in [1.54, 1.807) is 0 Å². The summed E-state index contributed by atoms with van der Waals surface area (Å²) >= 11 is 0. The molecule has 1 aliphatic rings. The predicted molar refractivity (Wildman–Crippen MR) is 72.8 cm³/mol. The highest BCUT2D eigenvalue weighted by atomic mass is 16.5. The van der Waals surface area contributed by atoms with Crippen molar-refractivity contribution in [2.75, 3.05) is 6.61 Å². The third-order valence-corrected chi connectivity index (χ3v) is 3.67. The van der Waals surface area contributed by atoms with Crippen LogP contribution in [0.25, 0.3) is 0 Å². The Labute approximate surface area is 109 Å². The zero-order valence-electron chi connectivity index (χ0n) is 11.3. The number of carbonyl (C=O) groups excluding carboxylic acids is 1. The quantitative estimate of drug-likeness (QED) is 0.793. The standard InChI is InChI=1S/C16H22O2/c1-3-6-12(2)9-15(17)14-10-13-7-4-5-8-16(13)18-11-14/h4-5,7-8,12,14H,3,6,9-11H2,1-2H3. The fourth-order valence-corrected chi connectivity index (χ4v) is 2.64. The maximum absolute atomic E-state index is 12.2. The number of fused-ring (bicyclic) bond motifs is 1. The number of hydrogen-bond donors (Lipinski definition) is 0. The van der Waals surface area contributed by atoms with Crippen LogP contribution in [0.2, 0.25) is 0 Å². The third-order valence-electron chi connectivity index (χ3n) is 3.67. The Morgan fingerprint density at radius 1 is 1.44 bits per heavy atom. The summed E-state index contributed by atoms with van der Waals surface area (Å²) in [5.41, 5.74) is 1.17. The summed E-state index contributed by atoms with van der Waals surface area (Å²) in [6, 6.07) is 8.03. The minimum absolute atomic E-state index is 0.0548. The van der Waals surface area contributed by atoms with Crippen LogP contribution in [-0.2, 0) is 11.2 Å². The molecule has 0 saturated heterocycles. The molecular weight excluding hydrogens is 224 g/mol. The molecule has 0 spiro atoms. The molecule has 0 saturated carbocycles. The SMILES string of the molecule is CCCC(C)CC(=O)C1COc2ccccc2C1. The van der Waals surface area contributed by atoms with Crippen molar-refractivity contribution in [3.63, 3.8) is 0 Å². The molecule has 0 fully saturated rings. The van der Waals surface area contributed by atoms with E-state index >= 15 is 0 Å². The average molecular weight is 246 g/mol. The Morgan fingerprint density at radius 2 is 2.22 bits per heavy atom. The largest absolute Gasteiger partial charge is 0.493 e. The van der Waals surface area contributed by atoms with Crippen LogP contribution < -0.4 is 4.74 Å². The van der Waals surface area contributed by atoms with Crippen LogP contribution in [0.3, 0.4) is 0 Å². The van der Waals surface area contributed by atoms with E-state index < -0.39 is 0 Å². The second kappa shape index (κ2) is 6.03. The first kappa shape index (κ1) is 13.1. The van der Waals surface area contributed by atoms with Crippen molar-refractivity contribution in [1.29, 1.82) is 0 Å². The van der Waals surface area contributed by atoms with Crippen molar-refractivity contribution >= 4 is 5.78 Å². The van der Waals surface area contributed by atoms with E-state index in [1.807, 2.05) is 18.2 Å². The molecule has 2 nitrogen and oxygen atoms in total. The van der Waals surface area contributed by atoms with Gasteiger partial charge in [-0.25, -0.2) is 0 Å². The smallest absolute Gasteiger partial charge is 0.139 e. The fraction of sp³-hybridized carbons (Fsp3) is 0.562. The van der Waals surface area contributed by atoms with E-state index in [0.29, 0.717) is 24.7 Å². The summed E-state index contributed by atoms with van der Waals surface area (Å²) in [6.45, 7) is 4.88. The lowest BCUT2D eigenvalue weighted by Crippen LogP contribution is -2.29.